The van der Waals surface area contributed by atoms with Crippen LogP contribution in [-0.4, -0.2) is 27.5 Å². The second kappa shape index (κ2) is 25.5. The molecule has 3 nitrogen and oxygen atoms in total. The minimum Gasteiger partial charge on any atom is -0.270 e. The van der Waals surface area contributed by atoms with Crippen molar-refractivity contribution in [1.82, 2.24) is 0 Å². The monoisotopic (exact) mass is 478 g/mol. The van der Waals surface area contributed by atoms with Crippen LogP contribution in [0.5, 0.6) is 0 Å². The van der Waals surface area contributed by atoms with Crippen LogP contribution in [0.3, 0.4) is 0 Å². The van der Waals surface area contributed by atoms with Crippen LogP contribution in [0, 0.1) is 0 Å². The summed E-state index contributed by atoms with van der Waals surface area (Å²) in [6, 6.07) is 0. The summed E-state index contributed by atoms with van der Waals surface area (Å²) < 4.78 is 41.0. The maximum atomic E-state index is 12.0. The average molecular weight is 479 g/mol. The Bertz CT molecular complexity index is 454. The fraction of sp³-hybridized carbons (Fsp3) is 1.00. The van der Waals surface area contributed by atoms with Crippen molar-refractivity contribution in [1.29, 1.82) is 0 Å². The first-order chi connectivity index (χ1) is 15.6. The molecule has 194 valence electrons. The van der Waals surface area contributed by atoms with E-state index in [0.29, 0.717) is 19.4 Å². The highest BCUT2D eigenvalue weighted by Crippen LogP contribution is 2.14. The summed E-state index contributed by atoms with van der Waals surface area (Å²) in [5, 5.41) is 0. The molecular formula is C27H55FO3S. The number of alkyl halides is 1. The summed E-state index contributed by atoms with van der Waals surface area (Å²) in [5.41, 5.74) is 0. The highest BCUT2D eigenvalue weighted by atomic mass is 32.2. The Morgan fingerprint density at radius 3 is 1.25 bits per heavy atom. The van der Waals surface area contributed by atoms with Crippen molar-refractivity contribution < 1.29 is 17.0 Å². The van der Waals surface area contributed by atoms with Gasteiger partial charge in [0.15, 0.2) is 0 Å². The molecule has 0 heterocycles. The van der Waals surface area contributed by atoms with Crippen LogP contribution in [0.2, 0.25) is 0 Å². The average Bonchev–Trinajstić information content (AvgIpc) is 2.77. The minimum absolute atomic E-state index is 0.155. The van der Waals surface area contributed by atoms with Gasteiger partial charge in [0, 0.05) is 0 Å². The molecule has 32 heavy (non-hydrogen) atoms. The normalized spacial score (nSPS) is 11.9. The lowest BCUT2D eigenvalue weighted by atomic mass is 10.0. The molecule has 0 fully saturated rings. The van der Waals surface area contributed by atoms with Crippen LogP contribution in [-0.2, 0) is 14.3 Å². The molecule has 0 aliphatic heterocycles. The second-order valence-electron chi connectivity index (χ2n) is 9.55. The van der Waals surface area contributed by atoms with Crippen LogP contribution in [0.15, 0.2) is 0 Å². The van der Waals surface area contributed by atoms with Crippen LogP contribution < -0.4 is 0 Å². The van der Waals surface area contributed by atoms with Gasteiger partial charge in [0.2, 0.25) is 0 Å². The van der Waals surface area contributed by atoms with Crippen molar-refractivity contribution in [2.75, 3.05) is 19.0 Å². The van der Waals surface area contributed by atoms with Gasteiger partial charge >= 0.3 is 0 Å². The molecule has 0 spiro atoms. The third kappa shape index (κ3) is 26.1. The minimum atomic E-state index is -3.34. The van der Waals surface area contributed by atoms with Gasteiger partial charge in [-0.3, -0.25) is 8.57 Å². The lowest BCUT2D eigenvalue weighted by Gasteiger charge is -2.06. The zero-order valence-electron chi connectivity index (χ0n) is 21.4. The van der Waals surface area contributed by atoms with Crippen LogP contribution in [0.25, 0.3) is 0 Å². The SMILES string of the molecule is CCCCCCCCCCCCCCCCOS(=O)(=O)CCCCCCCCCCCF. The van der Waals surface area contributed by atoms with Crippen molar-refractivity contribution in [3.63, 3.8) is 0 Å². The van der Waals surface area contributed by atoms with Crippen molar-refractivity contribution in [3.05, 3.63) is 0 Å². The molecule has 0 atom stereocenters. The smallest absolute Gasteiger partial charge is 0.267 e. The molecule has 0 aromatic carbocycles. The van der Waals surface area contributed by atoms with Gasteiger partial charge in [0.1, 0.15) is 0 Å². The molecule has 0 radical (unpaired) electrons. The molecule has 0 aromatic rings. The summed E-state index contributed by atoms with van der Waals surface area (Å²) in [6.45, 7) is 2.41. The van der Waals surface area contributed by atoms with E-state index in [1.807, 2.05) is 0 Å². The topological polar surface area (TPSA) is 43.4 Å². The Labute approximate surface area is 200 Å². The van der Waals surface area contributed by atoms with Gasteiger partial charge in [-0.25, -0.2) is 0 Å². The third-order valence-electron chi connectivity index (χ3n) is 6.29. The molecule has 5 heteroatoms. The van der Waals surface area contributed by atoms with Crippen molar-refractivity contribution in [2.45, 2.75) is 155 Å². The maximum Gasteiger partial charge on any atom is 0.267 e. The van der Waals surface area contributed by atoms with E-state index in [9.17, 15) is 12.8 Å². The standard InChI is InChI=1S/C27H55FO3S/c1-2-3-4-5-6-7-8-9-10-11-14-17-20-23-26-31-32(29,30)27-24-21-18-15-12-13-16-19-22-25-28/h2-27H2,1H3. The van der Waals surface area contributed by atoms with Gasteiger partial charge in [-0.15, -0.1) is 0 Å². The Hall–Kier alpha value is -0.160. The predicted molar refractivity (Wildman–Crippen MR) is 138 cm³/mol. The van der Waals surface area contributed by atoms with Gasteiger partial charge in [0.05, 0.1) is 19.0 Å². The Morgan fingerprint density at radius 2 is 0.844 bits per heavy atom. The molecule has 0 bridgehead atoms. The molecule has 0 aliphatic carbocycles. The third-order valence-corrected chi connectivity index (χ3v) is 7.60. The first-order valence-electron chi connectivity index (χ1n) is 14.1. The van der Waals surface area contributed by atoms with E-state index in [1.54, 1.807) is 0 Å². The van der Waals surface area contributed by atoms with Crippen LogP contribution in [0.4, 0.5) is 4.39 Å². The largest absolute Gasteiger partial charge is 0.270 e. The number of unbranched alkanes of at least 4 members (excludes halogenated alkanes) is 21. The molecule has 0 aromatic heterocycles. The first-order valence-corrected chi connectivity index (χ1v) is 15.6. The molecular weight excluding hydrogens is 423 g/mol. The van der Waals surface area contributed by atoms with Crippen molar-refractivity contribution in [3.8, 4) is 0 Å². The Kier molecular flexibility index (Phi) is 25.3. The van der Waals surface area contributed by atoms with E-state index in [2.05, 4.69) is 6.92 Å². The number of halogens is 1. The fourth-order valence-electron chi connectivity index (χ4n) is 4.15. The number of hydrogen-bond donors (Lipinski definition) is 0. The first kappa shape index (κ1) is 31.8. The van der Waals surface area contributed by atoms with E-state index in [4.69, 9.17) is 4.18 Å². The number of hydrogen-bond acceptors (Lipinski definition) is 3. The zero-order valence-corrected chi connectivity index (χ0v) is 22.2. The summed E-state index contributed by atoms with van der Waals surface area (Å²) in [7, 11) is -3.34. The van der Waals surface area contributed by atoms with Gasteiger partial charge in [-0.2, -0.15) is 8.42 Å². The Balaban J connectivity index is 3.29. The fourth-order valence-corrected chi connectivity index (χ4v) is 5.20. The molecule has 0 N–H and O–H groups in total. The highest BCUT2D eigenvalue weighted by Gasteiger charge is 2.10. The van der Waals surface area contributed by atoms with Gasteiger partial charge < -0.3 is 0 Å². The van der Waals surface area contributed by atoms with E-state index in [1.165, 1.54) is 89.9 Å². The summed E-state index contributed by atoms with van der Waals surface area (Å²) in [4.78, 5) is 0. The molecule has 0 saturated heterocycles. The van der Waals surface area contributed by atoms with Crippen LogP contribution >= 0.6 is 0 Å². The maximum absolute atomic E-state index is 12.0. The van der Waals surface area contributed by atoms with Gasteiger partial charge in [0.25, 0.3) is 10.1 Å². The van der Waals surface area contributed by atoms with Gasteiger partial charge in [-0.05, 0) is 19.3 Å². The molecule has 0 unspecified atom stereocenters. The summed E-state index contributed by atoms with van der Waals surface area (Å²) >= 11 is 0. The zero-order chi connectivity index (χ0) is 23.6. The van der Waals surface area contributed by atoms with E-state index < -0.39 is 10.1 Å². The van der Waals surface area contributed by atoms with Crippen molar-refractivity contribution in [2.24, 2.45) is 0 Å². The molecule has 0 amide bonds. The van der Waals surface area contributed by atoms with Gasteiger partial charge in [-0.1, -0.05) is 135 Å². The molecule has 0 aliphatic rings. The second-order valence-corrected chi connectivity index (χ2v) is 11.3. The van der Waals surface area contributed by atoms with E-state index in [-0.39, 0.29) is 12.4 Å². The summed E-state index contributed by atoms with van der Waals surface area (Å²) in [5.74, 6) is 0.155. The lowest BCUT2D eigenvalue weighted by Crippen LogP contribution is -2.11. The molecule has 0 rings (SSSR count). The molecule has 0 saturated carbocycles. The summed E-state index contributed by atoms with van der Waals surface area (Å²) in [6.07, 6.45) is 27.2. The van der Waals surface area contributed by atoms with E-state index in [0.717, 1.165) is 44.9 Å². The number of rotatable bonds is 27. The van der Waals surface area contributed by atoms with E-state index >= 15 is 0 Å². The quantitative estimate of drug-likeness (QED) is 0.0872. The lowest BCUT2D eigenvalue weighted by molar-refractivity contribution is 0.305. The Morgan fingerprint density at radius 1 is 0.500 bits per heavy atom. The van der Waals surface area contributed by atoms with Crippen LogP contribution in [0.1, 0.15) is 155 Å². The predicted octanol–water partition coefficient (Wildman–Crippen LogP) is 9.29. The highest BCUT2D eigenvalue weighted by molar-refractivity contribution is 7.86. The van der Waals surface area contributed by atoms with Crippen molar-refractivity contribution >= 4 is 10.1 Å².